The van der Waals surface area contributed by atoms with Crippen LogP contribution in [0.3, 0.4) is 0 Å². The molecule has 19 aromatic carbocycles. The third-order valence-electron chi connectivity index (χ3n) is 26.7. The first-order valence-corrected chi connectivity index (χ1v) is 45.9. The first-order valence-electron chi connectivity index (χ1n) is 45.9. The molecule has 0 N–H and O–H groups in total. The van der Waals surface area contributed by atoms with Crippen molar-refractivity contribution in [3.8, 4) is 11.1 Å². The van der Waals surface area contributed by atoms with E-state index in [9.17, 15) is 0 Å². The highest BCUT2D eigenvalue weighted by molar-refractivity contribution is 6.39. The maximum Gasteiger partial charge on any atom is 0.143 e. The van der Waals surface area contributed by atoms with Crippen molar-refractivity contribution in [1.29, 1.82) is 0 Å². The molecule has 133 heavy (non-hydrogen) atoms. The molecule has 0 fully saturated rings. The van der Waals surface area contributed by atoms with Crippen molar-refractivity contribution in [3.63, 3.8) is 0 Å². The minimum atomic E-state index is 0.273. The zero-order valence-electron chi connectivity index (χ0n) is 75.4. The molecule has 25 rings (SSSR count). The number of fused-ring (bicyclic) bond motifs is 16. The Kier molecular flexibility index (Phi) is 19.0. The van der Waals surface area contributed by atoms with Gasteiger partial charge in [0.2, 0.25) is 0 Å². The number of anilines is 12. The summed E-state index contributed by atoms with van der Waals surface area (Å²) < 4.78 is 28.6. The fourth-order valence-electron chi connectivity index (χ4n) is 20.9. The Bertz CT molecular complexity index is 8560. The first kappa shape index (κ1) is 79.8. The van der Waals surface area contributed by atoms with Gasteiger partial charge in [-0.05, 0) is 296 Å². The Hall–Kier alpha value is -16.6. The van der Waals surface area contributed by atoms with Gasteiger partial charge in [0.1, 0.15) is 56.3 Å². The van der Waals surface area contributed by atoms with Crippen molar-refractivity contribution < 1.29 is 17.7 Å². The molecule has 10 heteroatoms. The van der Waals surface area contributed by atoms with E-state index in [0.717, 1.165) is 233 Å². The molecule has 0 saturated carbocycles. The van der Waals surface area contributed by atoms with Gasteiger partial charge in [0.15, 0.2) is 0 Å². The van der Waals surface area contributed by atoms with Gasteiger partial charge in [-0.25, -0.2) is 9.97 Å². The highest BCUT2D eigenvalue weighted by Gasteiger charge is 2.31. The third kappa shape index (κ3) is 13.4. The van der Waals surface area contributed by atoms with Gasteiger partial charge < -0.3 is 27.5 Å². The van der Waals surface area contributed by atoms with Crippen LogP contribution in [0.4, 0.5) is 68.5 Å². The van der Waals surface area contributed by atoms with E-state index in [1.807, 2.05) is 38.1 Å². The van der Waals surface area contributed by atoms with E-state index >= 15 is 0 Å². The van der Waals surface area contributed by atoms with E-state index in [0.29, 0.717) is 0 Å². The van der Waals surface area contributed by atoms with Gasteiger partial charge in [-0.1, -0.05) is 197 Å². The average Bonchev–Trinajstić information content (AvgIpc) is 1.63. The molecule has 0 spiro atoms. The van der Waals surface area contributed by atoms with E-state index in [1.54, 1.807) is 0 Å². The summed E-state index contributed by atoms with van der Waals surface area (Å²) in [5.74, 6) is 2.22. The summed E-state index contributed by atoms with van der Waals surface area (Å²) in [6, 6.07) is 130. The van der Waals surface area contributed by atoms with Crippen molar-refractivity contribution in [2.45, 2.75) is 74.1 Å². The van der Waals surface area contributed by atoms with Gasteiger partial charge in [-0.3, -0.25) is 9.80 Å². The Morgan fingerprint density at radius 2 is 0.586 bits per heavy atom. The number of nitrogens with zero attached hydrogens (tertiary/aromatic N) is 6. The molecular formula is C123H92N6O4. The van der Waals surface area contributed by atoms with Crippen molar-refractivity contribution in [2.24, 2.45) is 0 Å². The smallest absolute Gasteiger partial charge is 0.143 e. The summed E-state index contributed by atoms with van der Waals surface area (Å²) in [6.45, 7) is 24.4. The summed E-state index contributed by atoms with van der Waals surface area (Å²) in [5, 5.41) is 22.6. The molecular weight excluding hydrogens is 1630 g/mol. The largest absolute Gasteiger partial charge is 0.455 e. The second kappa shape index (κ2) is 31.7. The molecule has 6 aromatic heterocycles. The van der Waals surface area contributed by atoms with Crippen molar-refractivity contribution in [1.82, 2.24) is 9.97 Å². The Morgan fingerprint density at radius 1 is 0.271 bits per heavy atom. The summed E-state index contributed by atoms with van der Waals surface area (Å²) in [6.07, 6.45) is 2.19. The lowest BCUT2D eigenvalue weighted by Gasteiger charge is -2.25. The molecule has 0 amide bonds. The second-order valence-electron chi connectivity index (χ2n) is 36.4. The number of para-hydroxylation sites is 6. The SMILES string of the molecule is C=C(C=C(C)C)c1cc2c3oc4cc(N(c5ccccc5)c5cccc(C)n5)ccc4c3cc3c(-c4cccc(C)c4)cc4c5oc6cc(N(c7ccccc7)c7cccc(C)n7)ccc6c5cc1c4c32.CC(C)c1cc2c3oc4cc(N(c5ccccc5)c5ccccc5)ccc4c3cc3c(C(C)C)cc4c5oc6cc(N(c7ccccc7)c7ccccc7)ccc6c5cc1c4c32. The highest BCUT2D eigenvalue weighted by Crippen LogP contribution is 2.55. The molecule has 638 valence electrons. The van der Waals surface area contributed by atoms with Crippen LogP contribution in [0.2, 0.25) is 0 Å². The minimum Gasteiger partial charge on any atom is -0.455 e. The summed E-state index contributed by atoms with van der Waals surface area (Å²) in [7, 11) is 0. The summed E-state index contributed by atoms with van der Waals surface area (Å²) in [5.41, 5.74) is 28.4. The van der Waals surface area contributed by atoms with Gasteiger partial charge in [-0.2, -0.15) is 0 Å². The monoisotopic (exact) mass is 1720 g/mol. The topological polar surface area (TPSA) is 91.3 Å². The zero-order valence-corrected chi connectivity index (χ0v) is 75.4. The lowest BCUT2D eigenvalue weighted by atomic mass is 9.83. The normalized spacial score (nSPS) is 12.0. The molecule has 0 radical (unpaired) electrons. The van der Waals surface area contributed by atoms with Crippen molar-refractivity contribution in [3.05, 3.63) is 416 Å². The highest BCUT2D eigenvalue weighted by atomic mass is 16.3. The average molecular weight is 1720 g/mol. The number of allylic oxidation sites excluding steroid dienone is 3. The van der Waals surface area contributed by atoms with E-state index < -0.39 is 0 Å². The zero-order chi connectivity index (χ0) is 89.7. The molecule has 0 atom stereocenters. The minimum absolute atomic E-state index is 0.273. The van der Waals surface area contributed by atoms with Crippen molar-refractivity contribution >= 4 is 226 Å². The molecule has 0 aliphatic carbocycles. The molecule has 0 aliphatic heterocycles. The van der Waals surface area contributed by atoms with Crippen LogP contribution in [0, 0.1) is 20.8 Å². The molecule has 6 heterocycles. The Labute approximate surface area is 769 Å². The van der Waals surface area contributed by atoms with Crippen LogP contribution in [0.5, 0.6) is 0 Å². The van der Waals surface area contributed by atoms with Gasteiger partial charge in [0, 0.05) is 167 Å². The molecule has 0 bridgehead atoms. The van der Waals surface area contributed by atoms with Crippen LogP contribution in [-0.4, -0.2) is 9.97 Å². The maximum absolute atomic E-state index is 7.21. The molecule has 0 unspecified atom stereocenters. The lowest BCUT2D eigenvalue weighted by Crippen LogP contribution is -2.11. The third-order valence-corrected chi connectivity index (χ3v) is 26.7. The van der Waals surface area contributed by atoms with Gasteiger partial charge in [-0.15, -0.1) is 0 Å². The van der Waals surface area contributed by atoms with Crippen LogP contribution in [0.1, 0.15) is 87.0 Å². The standard InChI is InChI=1S/C65H48N4O2.C58H44N2O2/c1-38(2)30-40(4)50-34-56-63-53(37-55-49-29-27-47(33-59(49)70-64(55)56)69(45-22-11-8-12-23-45)61-25-15-18-42(6)67-61)51(43-19-13-16-39(3)31-43)35-57-62(63)52(50)36-54-48-28-26-46(32-58(48)71-65(54)57)68(44-20-9-7-10-21-44)60-24-14-17-41(5)66-60;1-35(2)45-31-51-56-48(34-50-44-28-26-42(30-54(44)61-57(50)51)60(39-21-13-7-14-22-39)40-23-15-8-16-24-40)46(36(3)4)32-52-55(56)47(45)33-49-43-27-25-41(29-53(43)62-58(49)52)59(37-17-9-5-10-18-37)38-19-11-6-12-20-38/h7-37H,4H2,1-3,5-6H3;5-36H,1-4H3. The number of benzene rings is 19. The van der Waals surface area contributed by atoms with Crippen molar-refractivity contribution in [2.75, 3.05) is 19.6 Å². The fraction of sp³-hybridized carbons (Fsp3) is 0.0894. The Balaban J connectivity index is 0.000000148. The first-order chi connectivity index (χ1) is 65.1. The summed E-state index contributed by atoms with van der Waals surface area (Å²) in [4.78, 5) is 18.9. The molecule has 0 aliphatic rings. The number of pyridine rings is 2. The van der Waals surface area contributed by atoms with Crippen LogP contribution >= 0.6 is 0 Å². The van der Waals surface area contributed by atoms with Gasteiger partial charge >= 0.3 is 0 Å². The van der Waals surface area contributed by atoms with Crippen LogP contribution < -0.4 is 19.6 Å². The molecule has 10 nitrogen and oxygen atoms in total. The lowest BCUT2D eigenvalue weighted by molar-refractivity contribution is 0.672. The van der Waals surface area contributed by atoms with E-state index in [2.05, 4.69) is 414 Å². The number of hydrogen-bond acceptors (Lipinski definition) is 10. The number of furan rings is 4. The van der Waals surface area contributed by atoms with E-state index in [1.165, 1.54) is 43.8 Å². The number of aromatic nitrogens is 2. The van der Waals surface area contributed by atoms with E-state index in [-0.39, 0.29) is 11.8 Å². The number of hydrogen-bond donors (Lipinski definition) is 0. The van der Waals surface area contributed by atoms with Gasteiger partial charge in [0.05, 0.1) is 11.4 Å². The van der Waals surface area contributed by atoms with Crippen LogP contribution in [0.15, 0.2) is 400 Å². The predicted octanol–water partition coefficient (Wildman–Crippen LogP) is 36.3. The van der Waals surface area contributed by atoms with Crippen LogP contribution in [-0.2, 0) is 0 Å². The second-order valence-corrected chi connectivity index (χ2v) is 36.4. The van der Waals surface area contributed by atoms with Crippen LogP contribution in [0.25, 0.3) is 169 Å². The Morgan fingerprint density at radius 3 is 0.940 bits per heavy atom. The summed E-state index contributed by atoms with van der Waals surface area (Å²) >= 11 is 0. The van der Waals surface area contributed by atoms with Gasteiger partial charge in [0.25, 0.3) is 0 Å². The quantitative estimate of drug-likeness (QED) is 0.0648. The molecule has 0 saturated heterocycles. The van der Waals surface area contributed by atoms with E-state index in [4.69, 9.17) is 34.2 Å². The number of rotatable bonds is 17. The predicted molar refractivity (Wildman–Crippen MR) is 560 cm³/mol. The molecule has 25 aromatic rings. The fourth-order valence-corrected chi connectivity index (χ4v) is 20.9. The number of aryl methyl sites for hydroxylation is 3. The maximum atomic E-state index is 7.21.